The van der Waals surface area contributed by atoms with Crippen molar-refractivity contribution in [1.29, 1.82) is 0 Å². The third-order valence-electron chi connectivity index (χ3n) is 3.44. The van der Waals surface area contributed by atoms with E-state index in [1.165, 1.54) is 28.4 Å². The summed E-state index contributed by atoms with van der Waals surface area (Å²) in [5.41, 5.74) is 17.3. The van der Waals surface area contributed by atoms with Crippen LogP contribution in [-0.2, 0) is 9.59 Å². The van der Waals surface area contributed by atoms with Crippen LogP contribution in [0.25, 0.3) is 0 Å². The van der Waals surface area contributed by atoms with E-state index in [4.69, 9.17) is 17.2 Å². The molecule has 2 aliphatic rings. The van der Waals surface area contributed by atoms with Gasteiger partial charge in [0.2, 0.25) is 11.9 Å². The van der Waals surface area contributed by atoms with Crippen molar-refractivity contribution in [3.63, 3.8) is 0 Å². The summed E-state index contributed by atoms with van der Waals surface area (Å²) in [6.07, 6.45) is 1.64. The number of hydrogen-bond donors (Lipinski definition) is 4. The molecule has 0 aromatic carbocycles. The molecular weight excluding hydrogens is 352 g/mol. The van der Waals surface area contributed by atoms with E-state index in [0.29, 0.717) is 16.4 Å². The van der Waals surface area contributed by atoms with Crippen molar-refractivity contribution in [2.24, 2.45) is 5.73 Å². The number of nitrogen functional groups attached to an aromatic ring is 2. The van der Waals surface area contributed by atoms with Crippen molar-refractivity contribution < 1.29 is 14.7 Å². The highest BCUT2D eigenvalue weighted by atomic mass is 32.2. The lowest BCUT2D eigenvalue weighted by atomic mass is 10.0. The monoisotopic (exact) mass is 366 g/mol. The minimum atomic E-state index is -1.15. The lowest BCUT2D eigenvalue weighted by Gasteiger charge is -2.47. The molecule has 1 fully saturated rings. The molecule has 1 aromatic heterocycles. The van der Waals surface area contributed by atoms with E-state index >= 15 is 0 Å². The summed E-state index contributed by atoms with van der Waals surface area (Å²) >= 11 is 2.66. The SMILES string of the molecule is Nc1cc(S/C=C/C2=C(C(=O)O)N3C(=O)C(N)C3SC2)nc(N)n1. The second-order valence-electron chi connectivity index (χ2n) is 5.02. The van der Waals surface area contributed by atoms with Gasteiger partial charge in [0.05, 0.1) is 0 Å². The number of β-lactam (4-membered cyclic amide) rings is 1. The number of allylic oxidation sites excluding steroid dienone is 1. The van der Waals surface area contributed by atoms with Crippen LogP contribution in [0.5, 0.6) is 0 Å². The van der Waals surface area contributed by atoms with Gasteiger partial charge in [-0.25, -0.2) is 9.78 Å². The Morgan fingerprint density at radius 2 is 2.21 bits per heavy atom. The van der Waals surface area contributed by atoms with Gasteiger partial charge in [0.25, 0.3) is 0 Å². The number of amides is 1. The second kappa shape index (κ2) is 6.34. The van der Waals surface area contributed by atoms with Gasteiger partial charge in [0, 0.05) is 11.8 Å². The highest BCUT2D eigenvalue weighted by molar-refractivity contribution is 8.02. The fourth-order valence-corrected chi connectivity index (χ4v) is 4.35. The minimum Gasteiger partial charge on any atom is -0.477 e. The van der Waals surface area contributed by atoms with Gasteiger partial charge < -0.3 is 22.3 Å². The van der Waals surface area contributed by atoms with E-state index in [1.807, 2.05) is 0 Å². The highest BCUT2D eigenvalue weighted by Gasteiger charge is 2.51. The first kappa shape index (κ1) is 16.6. The number of nitrogens with two attached hydrogens (primary N) is 3. The molecule has 1 saturated heterocycles. The third kappa shape index (κ3) is 2.92. The number of carboxylic acids is 1. The summed E-state index contributed by atoms with van der Waals surface area (Å²) in [7, 11) is 0. The molecule has 0 spiro atoms. The zero-order chi connectivity index (χ0) is 17.4. The van der Waals surface area contributed by atoms with Crippen LogP contribution in [0.1, 0.15) is 0 Å². The lowest BCUT2D eigenvalue weighted by molar-refractivity contribution is -0.147. The molecule has 2 atom stereocenters. The molecule has 1 amide bonds. The number of carboxylic acid groups (broad SMARTS) is 1. The lowest BCUT2D eigenvalue weighted by Crippen LogP contribution is -2.68. The van der Waals surface area contributed by atoms with Gasteiger partial charge in [-0.1, -0.05) is 11.8 Å². The molecule has 0 saturated carbocycles. The van der Waals surface area contributed by atoms with Crippen LogP contribution < -0.4 is 17.2 Å². The predicted molar refractivity (Wildman–Crippen MR) is 91.6 cm³/mol. The number of aromatic nitrogens is 2. The number of anilines is 2. The molecule has 2 unspecified atom stereocenters. The van der Waals surface area contributed by atoms with Gasteiger partial charge in [-0.05, 0) is 17.1 Å². The molecule has 3 rings (SSSR count). The van der Waals surface area contributed by atoms with Gasteiger partial charge in [0.1, 0.15) is 28.0 Å². The number of aliphatic carboxylic acids is 1. The molecule has 3 heterocycles. The summed E-state index contributed by atoms with van der Waals surface area (Å²) in [6, 6.07) is 0.915. The van der Waals surface area contributed by atoms with Crippen molar-refractivity contribution >= 4 is 47.2 Å². The Kier molecular flexibility index (Phi) is 4.39. The Morgan fingerprint density at radius 3 is 2.88 bits per heavy atom. The van der Waals surface area contributed by atoms with Crippen LogP contribution in [0.2, 0.25) is 0 Å². The number of thioether (sulfide) groups is 2. The van der Waals surface area contributed by atoms with E-state index < -0.39 is 12.0 Å². The molecule has 0 radical (unpaired) electrons. The van der Waals surface area contributed by atoms with Crippen LogP contribution in [0.3, 0.4) is 0 Å². The van der Waals surface area contributed by atoms with Crippen molar-refractivity contribution in [2.75, 3.05) is 17.2 Å². The van der Waals surface area contributed by atoms with E-state index in [1.54, 1.807) is 17.6 Å². The Bertz CT molecular complexity index is 761. The smallest absolute Gasteiger partial charge is 0.352 e. The van der Waals surface area contributed by atoms with Crippen molar-refractivity contribution in [3.05, 3.63) is 28.8 Å². The summed E-state index contributed by atoms with van der Waals surface area (Å²) in [6.45, 7) is 0. The highest BCUT2D eigenvalue weighted by Crippen LogP contribution is 2.40. The summed E-state index contributed by atoms with van der Waals surface area (Å²) in [4.78, 5) is 32.4. The summed E-state index contributed by atoms with van der Waals surface area (Å²) < 4.78 is 0. The molecular formula is C13H14N6O3S2. The maximum Gasteiger partial charge on any atom is 0.352 e. The molecule has 126 valence electrons. The molecule has 7 N–H and O–H groups in total. The van der Waals surface area contributed by atoms with Crippen molar-refractivity contribution in [2.45, 2.75) is 16.4 Å². The first-order valence-electron chi connectivity index (χ1n) is 6.78. The Labute approximate surface area is 145 Å². The molecule has 1 aromatic rings. The number of carbonyl (C=O) groups is 2. The van der Waals surface area contributed by atoms with E-state index in [-0.39, 0.29) is 28.7 Å². The Morgan fingerprint density at radius 1 is 1.46 bits per heavy atom. The van der Waals surface area contributed by atoms with Gasteiger partial charge in [-0.2, -0.15) is 4.98 Å². The van der Waals surface area contributed by atoms with Gasteiger partial charge in [-0.3, -0.25) is 9.69 Å². The molecule has 0 bridgehead atoms. The number of fused-ring (bicyclic) bond motifs is 1. The van der Waals surface area contributed by atoms with Gasteiger partial charge >= 0.3 is 5.97 Å². The maximum atomic E-state index is 11.8. The van der Waals surface area contributed by atoms with Gasteiger partial charge in [0.15, 0.2) is 0 Å². The minimum absolute atomic E-state index is 0.0241. The van der Waals surface area contributed by atoms with E-state index in [2.05, 4.69) is 9.97 Å². The summed E-state index contributed by atoms with van der Waals surface area (Å²) in [5.74, 6) is -0.762. The zero-order valence-electron chi connectivity index (χ0n) is 12.2. The average molecular weight is 366 g/mol. The predicted octanol–water partition coefficient (Wildman–Crippen LogP) is -0.172. The van der Waals surface area contributed by atoms with E-state index in [0.717, 1.165) is 0 Å². The fraction of sp³-hybridized carbons (Fsp3) is 0.231. The van der Waals surface area contributed by atoms with Gasteiger partial charge in [-0.15, -0.1) is 11.8 Å². The van der Waals surface area contributed by atoms with Crippen molar-refractivity contribution in [1.82, 2.24) is 14.9 Å². The van der Waals surface area contributed by atoms with Crippen LogP contribution in [0.4, 0.5) is 11.8 Å². The molecule has 11 heteroatoms. The molecule has 9 nitrogen and oxygen atoms in total. The Balaban J connectivity index is 1.81. The number of hydrogen-bond acceptors (Lipinski definition) is 9. The molecule has 24 heavy (non-hydrogen) atoms. The quantitative estimate of drug-likeness (QED) is 0.320. The van der Waals surface area contributed by atoms with Crippen molar-refractivity contribution in [3.8, 4) is 0 Å². The van der Waals surface area contributed by atoms with Crippen LogP contribution in [0.15, 0.2) is 33.8 Å². The summed E-state index contributed by atoms with van der Waals surface area (Å²) in [5, 5.41) is 11.3. The average Bonchev–Trinajstić information content (AvgIpc) is 2.52. The van der Waals surface area contributed by atoms with E-state index in [9.17, 15) is 14.7 Å². The Hall–Kier alpha value is -2.24. The normalized spacial score (nSPS) is 23.4. The first-order chi connectivity index (χ1) is 11.4. The molecule has 0 aliphatic carbocycles. The maximum absolute atomic E-state index is 11.8. The second-order valence-corrected chi connectivity index (χ2v) is 7.06. The molecule has 2 aliphatic heterocycles. The van der Waals surface area contributed by atoms with Crippen LogP contribution in [-0.4, -0.2) is 49.0 Å². The number of carbonyl (C=O) groups excluding carboxylic acids is 1. The standard InChI is InChI=1S/C13H14N6O3S2/c14-6-3-7(18-13(16)17-6)23-2-1-5-4-24-11-8(15)10(20)19(11)9(5)12(21)22/h1-3,8,11H,4,15H2,(H,21,22)(H4,14,16,17,18)/b2-1+. The zero-order valence-corrected chi connectivity index (χ0v) is 13.9. The van der Waals surface area contributed by atoms with Crippen LogP contribution in [0, 0.1) is 0 Å². The largest absolute Gasteiger partial charge is 0.477 e. The third-order valence-corrected chi connectivity index (χ3v) is 5.49. The fourth-order valence-electron chi connectivity index (χ4n) is 2.38. The number of rotatable bonds is 4. The van der Waals surface area contributed by atoms with Crippen LogP contribution >= 0.6 is 23.5 Å². The first-order valence-corrected chi connectivity index (χ1v) is 8.71. The number of nitrogens with zero attached hydrogens (tertiary/aromatic N) is 3. The topological polar surface area (TPSA) is 161 Å².